The van der Waals surface area contributed by atoms with Gasteiger partial charge in [0.25, 0.3) is 0 Å². The summed E-state index contributed by atoms with van der Waals surface area (Å²) >= 11 is 0. The third kappa shape index (κ3) is 5.05. The highest BCUT2D eigenvalue weighted by molar-refractivity contribution is 5.69. The fraction of sp³-hybridized carbons (Fsp3) is 0.611. The number of hydrogen-bond donors (Lipinski definition) is 2. The lowest BCUT2D eigenvalue weighted by Gasteiger charge is -2.33. The standard InChI is InChI=1S/C18H29N3O2/c1-13-6-5-7-15(16(13)19)20-12-14-8-10-21(11-9-14)17(22)23-18(2,3)4/h5-7,14,20H,8-12,19H2,1-4H3. The number of hydrogen-bond acceptors (Lipinski definition) is 4. The fourth-order valence-corrected chi connectivity index (χ4v) is 2.74. The Kier molecular flexibility index (Phi) is 5.39. The number of carbonyl (C=O) groups is 1. The quantitative estimate of drug-likeness (QED) is 0.835. The Balaban J connectivity index is 1.79. The number of benzene rings is 1. The van der Waals surface area contributed by atoms with Crippen molar-refractivity contribution in [3.8, 4) is 0 Å². The number of para-hydroxylation sites is 1. The van der Waals surface area contributed by atoms with Crippen molar-refractivity contribution in [1.29, 1.82) is 0 Å². The molecule has 0 unspecified atom stereocenters. The van der Waals surface area contributed by atoms with Gasteiger partial charge in [-0.05, 0) is 58.1 Å². The van der Waals surface area contributed by atoms with Gasteiger partial charge in [-0.3, -0.25) is 0 Å². The number of nitrogens with zero attached hydrogens (tertiary/aromatic N) is 1. The summed E-state index contributed by atoms with van der Waals surface area (Å²) in [6.07, 6.45) is 1.77. The highest BCUT2D eigenvalue weighted by atomic mass is 16.6. The minimum atomic E-state index is -0.432. The molecule has 1 aliphatic heterocycles. The lowest BCUT2D eigenvalue weighted by Crippen LogP contribution is -2.42. The predicted molar refractivity (Wildman–Crippen MR) is 94.6 cm³/mol. The molecule has 5 heteroatoms. The van der Waals surface area contributed by atoms with Gasteiger partial charge in [0.05, 0.1) is 11.4 Å². The van der Waals surface area contributed by atoms with E-state index >= 15 is 0 Å². The molecule has 128 valence electrons. The molecule has 3 N–H and O–H groups in total. The molecule has 1 heterocycles. The van der Waals surface area contributed by atoms with Crippen LogP contribution in [0.15, 0.2) is 18.2 Å². The van der Waals surface area contributed by atoms with E-state index in [9.17, 15) is 4.79 Å². The van der Waals surface area contributed by atoms with Crippen molar-refractivity contribution in [2.24, 2.45) is 5.92 Å². The molecule has 0 spiro atoms. The molecule has 1 saturated heterocycles. The maximum atomic E-state index is 12.1. The summed E-state index contributed by atoms with van der Waals surface area (Å²) in [6, 6.07) is 6.04. The van der Waals surface area contributed by atoms with Gasteiger partial charge >= 0.3 is 6.09 Å². The zero-order chi connectivity index (χ0) is 17.0. The minimum Gasteiger partial charge on any atom is -0.444 e. The molecule has 2 rings (SSSR count). The lowest BCUT2D eigenvalue weighted by molar-refractivity contribution is 0.0188. The molecule has 23 heavy (non-hydrogen) atoms. The average Bonchev–Trinajstić information content (AvgIpc) is 2.47. The van der Waals surface area contributed by atoms with E-state index in [4.69, 9.17) is 10.5 Å². The van der Waals surface area contributed by atoms with Crippen molar-refractivity contribution in [2.75, 3.05) is 30.7 Å². The zero-order valence-electron chi connectivity index (χ0n) is 14.7. The van der Waals surface area contributed by atoms with Gasteiger partial charge in [-0.1, -0.05) is 12.1 Å². The van der Waals surface area contributed by atoms with E-state index in [2.05, 4.69) is 5.32 Å². The van der Waals surface area contributed by atoms with Gasteiger partial charge in [-0.25, -0.2) is 4.79 Å². The summed E-state index contributed by atoms with van der Waals surface area (Å²) in [5.74, 6) is 0.550. The van der Waals surface area contributed by atoms with Crippen LogP contribution in [-0.4, -0.2) is 36.2 Å². The molecule has 0 radical (unpaired) electrons. The summed E-state index contributed by atoms with van der Waals surface area (Å²) in [5, 5.41) is 3.45. The van der Waals surface area contributed by atoms with Crippen LogP contribution >= 0.6 is 0 Å². The number of aryl methyl sites for hydroxylation is 1. The molecule has 1 aliphatic rings. The Morgan fingerprint density at radius 3 is 2.61 bits per heavy atom. The first-order chi connectivity index (χ1) is 10.8. The summed E-state index contributed by atoms with van der Waals surface area (Å²) in [4.78, 5) is 13.9. The summed E-state index contributed by atoms with van der Waals surface area (Å²) in [5.41, 5.74) is 8.56. The third-order valence-electron chi connectivity index (χ3n) is 4.17. The molecule has 5 nitrogen and oxygen atoms in total. The second-order valence-electron chi connectivity index (χ2n) is 7.33. The van der Waals surface area contributed by atoms with E-state index in [-0.39, 0.29) is 6.09 Å². The van der Waals surface area contributed by atoms with Crippen molar-refractivity contribution in [2.45, 2.75) is 46.1 Å². The zero-order valence-corrected chi connectivity index (χ0v) is 14.7. The molecule has 0 aliphatic carbocycles. The first-order valence-electron chi connectivity index (χ1n) is 8.33. The van der Waals surface area contributed by atoms with E-state index < -0.39 is 5.60 Å². The van der Waals surface area contributed by atoms with Gasteiger partial charge in [-0.2, -0.15) is 0 Å². The number of anilines is 2. The van der Waals surface area contributed by atoms with Gasteiger partial charge in [-0.15, -0.1) is 0 Å². The molecule has 1 aromatic carbocycles. The highest BCUT2D eigenvalue weighted by Crippen LogP contribution is 2.24. The SMILES string of the molecule is Cc1cccc(NCC2CCN(C(=O)OC(C)(C)C)CC2)c1N. The topological polar surface area (TPSA) is 67.6 Å². The molecular formula is C18H29N3O2. The number of ether oxygens (including phenoxy) is 1. The summed E-state index contributed by atoms with van der Waals surface area (Å²) < 4.78 is 5.43. The van der Waals surface area contributed by atoms with E-state index in [1.165, 1.54) is 0 Å². The van der Waals surface area contributed by atoms with Crippen LogP contribution in [0, 0.1) is 12.8 Å². The van der Waals surface area contributed by atoms with Gasteiger partial charge < -0.3 is 20.7 Å². The van der Waals surface area contributed by atoms with Crippen molar-refractivity contribution in [3.05, 3.63) is 23.8 Å². The van der Waals surface area contributed by atoms with E-state index in [0.29, 0.717) is 5.92 Å². The lowest BCUT2D eigenvalue weighted by atomic mass is 9.97. The van der Waals surface area contributed by atoms with Gasteiger partial charge in [0, 0.05) is 19.6 Å². The summed E-state index contributed by atoms with van der Waals surface area (Å²) in [6.45, 7) is 10.1. The molecule has 0 bridgehead atoms. The normalized spacial score (nSPS) is 16.3. The second kappa shape index (κ2) is 7.11. The summed E-state index contributed by atoms with van der Waals surface area (Å²) in [7, 11) is 0. The van der Waals surface area contributed by atoms with Crippen LogP contribution in [-0.2, 0) is 4.74 Å². The smallest absolute Gasteiger partial charge is 0.410 e. The number of carbonyl (C=O) groups excluding carboxylic acids is 1. The van der Waals surface area contributed by atoms with Gasteiger partial charge in [0.15, 0.2) is 0 Å². The van der Waals surface area contributed by atoms with Crippen molar-refractivity contribution in [3.63, 3.8) is 0 Å². The van der Waals surface area contributed by atoms with Crippen LogP contribution < -0.4 is 11.1 Å². The molecule has 0 saturated carbocycles. The van der Waals surface area contributed by atoms with Crippen LogP contribution in [0.5, 0.6) is 0 Å². The Morgan fingerprint density at radius 2 is 2.00 bits per heavy atom. The van der Waals surface area contributed by atoms with E-state index in [1.54, 1.807) is 0 Å². The number of likely N-dealkylation sites (tertiary alicyclic amines) is 1. The molecule has 1 amide bonds. The largest absolute Gasteiger partial charge is 0.444 e. The van der Waals surface area contributed by atoms with E-state index in [0.717, 1.165) is 49.4 Å². The Morgan fingerprint density at radius 1 is 1.35 bits per heavy atom. The van der Waals surface area contributed by atoms with Crippen LogP contribution in [0.25, 0.3) is 0 Å². The van der Waals surface area contributed by atoms with Crippen LogP contribution in [0.1, 0.15) is 39.2 Å². The number of rotatable bonds is 3. The number of piperidine rings is 1. The van der Waals surface area contributed by atoms with Crippen LogP contribution in [0.2, 0.25) is 0 Å². The van der Waals surface area contributed by atoms with Crippen LogP contribution in [0.3, 0.4) is 0 Å². The number of nitrogens with two attached hydrogens (primary N) is 1. The molecule has 1 aromatic rings. The molecule has 1 fully saturated rings. The predicted octanol–water partition coefficient (Wildman–Crippen LogP) is 3.64. The van der Waals surface area contributed by atoms with Crippen LogP contribution in [0.4, 0.5) is 16.2 Å². The van der Waals surface area contributed by atoms with Gasteiger partial charge in [0.2, 0.25) is 0 Å². The molecular weight excluding hydrogens is 290 g/mol. The highest BCUT2D eigenvalue weighted by Gasteiger charge is 2.26. The molecule has 0 atom stereocenters. The monoisotopic (exact) mass is 319 g/mol. The fourth-order valence-electron chi connectivity index (χ4n) is 2.74. The Hall–Kier alpha value is -1.91. The molecule has 0 aromatic heterocycles. The third-order valence-corrected chi connectivity index (χ3v) is 4.17. The Bertz CT molecular complexity index is 544. The first-order valence-corrected chi connectivity index (χ1v) is 8.33. The minimum absolute atomic E-state index is 0.202. The maximum absolute atomic E-state index is 12.1. The Labute approximate surface area is 139 Å². The van der Waals surface area contributed by atoms with Crippen molar-refractivity contribution >= 4 is 17.5 Å². The second-order valence-corrected chi connectivity index (χ2v) is 7.33. The first kappa shape index (κ1) is 17.4. The average molecular weight is 319 g/mol. The number of nitrogens with one attached hydrogen (secondary N) is 1. The van der Waals surface area contributed by atoms with Crippen molar-refractivity contribution in [1.82, 2.24) is 4.90 Å². The van der Waals surface area contributed by atoms with E-state index in [1.807, 2.05) is 50.8 Å². The van der Waals surface area contributed by atoms with Crippen molar-refractivity contribution < 1.29 is 9.53 Å². The number of nitrogen functional groups attached to an aromatic ring is 1. The maximum Gasteiger partial charge on any atom is 0.410 e. The number of amides is 1. The van der Waals surface area contributed by atoms with Gasteiger partial charge in [0.1, 0.15) is 5.60 Å².